The summed E-state index contributed by atoms with van der Waals surface area (Å²) in [5.41, 5.74) is 9.53. The topological polar surface area (TPSA) is 55.1 Å². The Labute approximate surface area is 140 Å². The molecule has 0 spiro atoms. The zero-order chi connectivity index (χ0) is 15.5. The third kappa shape index (κ3) is 4.99. The molecule has 4 heteroatoms. The minimum atomic E-state index is -0.304. The van der Waals surface area contributed by atoms with E-state index in [1.54, 1.807) is 0 Å². The van der Waals surface area contributed by atoms with Crippen molar-refractivity contribution in [3.63, 3.8) is 0 Å². The molecule has 0 heterocycles. The van der Waals surface area contributed by atoms with Crippen LogP contribution in [0, 0.1) is 5.92 Å². The molecule has 1 aliphatic rings. The summed E-state index contributed by atoms with van der Waals surface area (Å²) in [7, 11) is 0. The number of hydrogen-bond acceptors (Lipinski definition) is 2. The molecule has 2 rings (SSSR count). The first kappa shape index (κ1) is 19.0. The van der Waals surface area contributed by atoms with E-state index >= 15 is 0 Å². The van der Waals surface area contributed by atoms with Crippen LogP contribution < -0.4 is 11.1 Å². The molecule has 1 amide bonds. The maximum atomic E-state index is 12.3. The van der Waals surface area contributed by atoms with Gasteiger partial charge in [0, 0.05) is 12.1 Å². The van der Waals surface area contributed by atoms with Gasteiger partial charge in [0.2, 0.25) is 5.91 Å². The molecule has 1 aromatic carbocycles. The second-order valence-corrected chi connectivity index (χ2v) is 7.04. The van der Waals surface area contributed by atoms with E-state index in [1.165, 1.54) is 24.0 Å². The third-order valence-electron chi connectivity index (χ3n) is 4.28. The van der Waals surface area contributed by atoms with Crippen LogP contribution in [0.1, 0.15) is 50.3 Å². The minimum Gasteiger partial charge on any atom is -0.349 e. The van der Waals surface area contributed by atoms with Crippen molar-refractivity contribution in [3.8, 4) is 0 Å². The number of nitrogens with one attached hydrogen (secondary N) is 1. The lowest BCUT2D eigenvalue weighted by atomic mass is 9.90. The van der Waals surface area contributed by atoms with Gasteiger partial charge in [-0.1, -0.05) is 32.0 Å². The first-order valence-corrected chi connectivity index (χ1v) is 8.03. The van der Waals surface area contributed by atoms with Crippen molar-refractivity contribution in [1.29, 1.82) is 0 Å². The van der Waals surface area contributed by atoms with Crippen LogP contribution in [0.3, 0.4) is 0 Å². The number of hydrogen-bond donors (Lipinski definition) is 2. The second kappa shape index (κ2) is 7.98. The molecular weight excluding hydrogens is 296 g/mol. The number of aryl methyl sites for hydroxylation is 2. The zero-order valence-corrected chi connectivity index (χ0v) is 14.8. The van der Waals surface area contributed by atoms with Gasteiger partial charge in [0.15, 0.2) is 0 Å². The van der Waals surface area contributed by atoms with E-state index in [-0.39, 0.29) is 23.9 Å². The van der Waals surface area contributed by atoms with E-state index in [0.29, 0.717) is 18.9 Å². The highest BCUT2D eigenvalue weighted by Gasteiger charge is 2.25. The van der Waals surface area contributed by atoms with Crippen LogP contribution in [-0.4, -0.2) is 18.0 Å². The molecule has 0 fully saturated rings. The molecule has 3 N–H and O–H groups in total. The lowest BCUT2D eigenvalue weighted by Crippen LogP contribution is -2.52. The number of amides is 1. The average Bonchev–Trinajstić information content (AvgIpc) is 2.84. The maximum absolute atomic E-state index is 12.3. The number of halogens is 1. The van der Waals surface area contributed by atoms with Crippen molar-refractivity contribution in [2.24, 2.45) is 11.7 Å². The van der Waals surface area contributed by atoms with Gasteiger partial charge in [-0.05, 0) is 55.2 Å². The largest absolute Gasteiger partial charge is 0.349 e. The fourth-order valence-corrected chi connectivity index (χ4v) is 3.39. The van der Waals surface area contributed by atoms with Crippen LogP contribution in [0.25, 0.3) is 0 Å². The van der Waals surface area contributed by atoms with Gasteiger partial charge in [0.25, 0.3) is 0 Å². The van der Waals surface area contributed by atoms with Crippen LogP contribution in [0.2, 0.25) is 0 Å². The molecule has 22 heavy (non-hydrogen) atoms. The quantitative estimate of drug-likeness (QED) is 0.845. The highest BCUT2D eigenvalue weighted by molar-refractivity contribution is 5.85. The van der Waals surface area contributed by atoms with Gasteiger partial charge in [-0.25, -0.2) is 0 Å². The molecule has 0 aliphatic heterocycles. The summed E-state index contributed by atoms with van der Waals surface area (Å²) in [4.78, 5) is 12.3. The van der Waals surface area contributed by atoms with Gasteiger partial charge in [-0.15, -0.1) is 12.4 Å². The average molecular weight is 325 g/mol. The SMILES string of the molecule is CC(C)CC(C)(CN)NC(=O)Cc1ccc2c(c1)CCC2.Cl. The summed E-state index contributed by atoms with van der Waals surface area (Å²) >= 11 is 0. The van der Waals surface area contributed by atoms with Crippen molar-refractivity contribution < 1.29 is 4.79 Å². The molecule has 0 saturated carbocycles. The van der Waals surface area contributed by atoms with Crippen molar-refractivity contribution in [3.05, 3.63) is 34.9 Å². The zero-order valence-electron chi connectivity index (χ0n) is 13.9. The molecule has 124 valence electrons. The van der Waals surface area contributed by atoms with Crippen LogP contribution in [0.5, 0.6) is 0 Å². The lowest BCUT2D eigenvalue weighted by Gasteiger charge is -2.31. The van der Waals surface area contributed by atoms with Crippen molar-refractivity contribution in [2.75, 3.05) is 6.54 Å². The Bertz CT molecular complexity index is 516. The smallest absolute Gasteiger partial charge is 0.224 e. The Kier molecular flexibility index (Phi) is 6.89. The number of nitrogens with two attached hydrogens (primary N) is 1. The Morgan fingerprint density at radius 2 is 2.00 bits per heavy atom. The fraction of sp³-hybridized carbons (Fsp3) is 0.611. The normalized spacial score (nSPS) is 15.9. The molecule has 1 aliphatic carbocycles. The van der Waals surface area contributed by atoms with Crippen LogP contribution in [-0.2, 0) is 24.1 Å². The van der Waals surface area contributed by atoms with Crippen LogP contribution >= 0.6 is 12.4 Å². The third-order valence-corrected chi connectivity index (χ3v) is 4.28. The number of benzene rings is 1. The Balaban J connectivity index is 0.00000242. The maximum Gasteiger partial charge on any atom is 0.224 e. The van der Waals surface area contributed by atoms with E-state index in [2.05, 4.69) is 37.4 Å². The van der Waals surface area contributed by atoms with Gasteiger partial charge < -0.3 is 11.1 Å². The number of rotatable bonds is 6. The molecule has 0 aromatic heterocycles. The number of fused-ring (bicyclic) bond motifs is 1. The van der Waals surface area contributed by atoms with Gasteiger partial charge in [0.1, 0.15) is 0 Å². The van der Waals surface area contributed by atoms with E-state index in [4.69, 9.17) is 5.73 Å². The fourth-order valence-electron chi connectivity index (χ4n) is 3.39. The molecule has 1 aromatic rings. The van der Waals surface area contributed by atoms with Crippen molar-refractivity contribution >= 4 is 18.3 Å². The Hall–Kier alpha value is -1.06. The molecule has 1 atom stereocenters. The lowest BCUT2D eigenvalue weighted by molar-refractivity contribution is -0.122. The monoisotopic (exact) mass is 324 g/mol. The highest BCUT2D eigenvalue weighted by Crippen LogP contribution is 2.23. The summed E-state index contributed by atoms with van der Waals surface area (Å²) in [5, 5.41) is 3.13. The summed E-state index contributed by atoms with van der Waals surface area (Å²) < 4.78 is 0. The summed E-state index contributed by atoms with van der Waals surface area (Å²) in [6.45, 7) is 6.82. The van der Waals surface area contributed by atoms with E-state index in [9.17, 15) is 4.79 Å². The first-order chi connectivity index (χ1) is 9.92. The summed E-state index contributed by atoms with van der Waals surface area (Å²) in [6.07, 6.45) is 4.92. The van der Waals surface area contributed by atoms with E-state index in [0.717, 1.165) is 18.4 Å². The molecule has 0 radical (unpaired) electrons. The molecule has 1 unspecified atom stereocenters. The first-order valence-electron chi connectivity index (χ1n) is 8.03. The van der Waals surface area contributed by atoms with Gasteiger partial charge in [-0.2, -0.15) is 0 Å². The van der Waals surface area contributed by atoms with Crippen molar-refractivity contribution in [1.82, 2.24) is 5.32 Å². The van der Waals surface area contributed by atoms with Gasteiger partial charge in [0.05, 0.1) is 6.42 Å². The standard InChI is InChI=1S/C18H28N2O.ClH/c1-13(2)11-18(3,12-19)20-17(21)10-14-7-8-15-5-4-6-16(15)9-14;/h7-9,13H,4-6,10-12,19H2,1-3H3,(H,20,21);1H. The van der Waals surface area contributed by atoms with Gasteiger partial charge >= 0.3 is 0 Å². The number of carbonyl (C=O) groups excluding carboxylic acids is 1. The van der Waals surface area contributed by atoms with Crippen molar-refractivity contribution in [2.45, 2.75) is 58.4 Å². The van der Waals surface area contributed by atoms with Gasteiger partial charge in [-0.3, -0.25) is 4.79 Å². The molecule has 0 bridgehead atoms. The van der Waals surface area contributed by atoms with Crippen LogP contribution in [0.15, 0.2) is 18.2 Å². The Morgan fingerprint density at radius 3 is 2.64 bits per heavy atom. The second-order valence-electron chi connectivity index (χ2n) is 7.04. The number of carbonyl (C=O) groups is 1. The molecule has 0 saturated heterocycles. The molecular formula is C18H29ClN2O. The van der Waals surface area contributed by atoms with E-state index < -0.39 is 0 Å². The predicted octanol–water partition coefficient (Wildman–Crippen LogP) is 3.02. The predicted molar refractivity (Wildman–Crippen MR) is 94.5 cm³/mol. The molecule has 3 nitrogen and oxygen atoms in total. The minimum absolute atomic E-state index is 0. The van der Waals surface area contributed by atoms with E-state index in [1.807, 2.05) is 6.92 Å². The summed E-state index contributed by atoms with van der Waals surface area (Å²) in [6, 6.07) is 6.47. The summed E-state index contributed by atoms with van der Waals surface area (Å²) in [5.74, 6) is 0.584. The van der Waals surface area contributed by atoms with Crippen LogP contribution in [0.4, 0.5) is 0 Å². The highest BCUT2D eigenvalue weighted by atomic mass is 35.5. The Morgan fingerprint density at radius 1 is 1.32 bits per heavy atom.